The summed E-state index contributed by atoms with van der Waals surface area (Å²) in [5.74, 6) is 0. The van der Waals surface area contributed by atoms with Crippen molar-refractivity contribution in [1.29, 1.82) is 0 Å². The molecule has 1 aromatic heterocycles. The minimum Gasteiger partial charge on any atom is -0.304 e. The monoisotopic (exact) mass is 274 g/mol. The first-order valence-corrected chi connectivity index (χ1v) is 7.81. The van der Waals surface area contributed by atoms with Crippen molar-refractivity contribution < 1.29 is 0 Å². The number of hydrogen-bond acceptors (Lipinski definition) is 3. The van der Waals surface area contributed by atoms with Crippen molar-refractivity contribution in [2.24, 2.45) is 0 Å². The number of nitrogens with zero attached hydrogens (tertiary/aromatic N) is 1. The maximum atomic E-state index is 4.50. The molecule has 3 heteroatoms. The Morgan fingerprint density at radius 1 is 1.16 bits per heavy atom. The van der Waals surface area contributed by atoms with Gasteiger partial charge < -0.3 is 5.32 Å². The SMILES string of the molecule is CCc1cnc(C(C)NCc2ccccc2CC)s1. The minimum absolute atomic E-state index is 0.315. The summed E-state index contributed by atoms with van der Waals surface area (Å²) in [6, 6.07) is 8.95. The molecule has 2 rings (SSSR count). The number of rotatable bonds is 6. The van der Waals surface area contributed by atoms with Gasteiger partial charge in [0.1, 0.15) is 5.01 Å². The fourth-order valence-corrected chi connectivity index (χ4v) is 3.00. The molecule has 0 aliphatic carbocycles. The van der Waals surface area contributed by atoms with Crippen LogP contribution in [0.4, 0.5) is 0 Å². The number of hydrogen-bond donors (Lipinski definition) is 1. The van der Waals surface area contributed by atoms with Gasteiger partial charge in [-0.2, -0.15) is 0 Å². The predicted molar refractivity (Wildman–Crippen MR) is 82.6 cm³/mol. The molecule has 1 unspecified atom stereocenters. The van der Waals surface area contributed by atoms with Crippen LogP contribution in [0.5, 0.6) is 0 Å². The lowest BCUT2D eigenvalue weighted by atomic mass is 10.1. The Morgan fingerprint density at radius 2 is 1.89 bits per heavy atom. The topological polar surface area (TPSA) is 24.9 Å². The Morgan fingerprint density at radius 3 is 2.53 bits per heavy atom. The fraction of sp³-hybridized carbons (Fsp3) is 0.438. The van der Waals surface area contributed by atoms with Gasteiger partial charge in [-0.1, -0.05) is 38.1 Å². The zero-order valence-electron chi connectivity index (χ0n) is 11.9. The Hall–Kier alpha value is -1.19. The lowest BCUT2D eigenvalue weighted by molar-refractivity contribution is 0.570. The average Bonchev–Trinajstić information content (AvgIpc) is 2.94. The van der Waals surface area contributed by atoms with Crippen molar-refractivity contribution in [2.45, 2.75) is 46.2 Å². The van der Waals surface area contributed by atoms with Crippen molar-refractivity contribution in [2.75, 3.05) is 0 Å². The van der Waals surface area contributed by atoms with E-state index in [1.54, 1.807) is 0 Å². The van der Waals surface area contributed by atoms with E-state index in [0.29, 0.717) is 6.04 Å². The van der Waals surface area contributed by atoms with Gasteiger partial charge >= 0.3 is 0 Å². The second kappa shape index (κ2) is 6.83. The Bertz CT molecular complexity index is 519. The molecular formula is C16H22N2S. The van der Waals surface area contributed by atoms with Crippen LogP contribution in [0.2, 0.25) is 0 Å². The maximum Gasteiger partial charge on any atom is 0.109 e. The van der Waals surface area contributed by atoms with E-state index >= 15 is 0 Å². The predicted octanol–water partition coefficient (Wildman–Crippen LogP) is 4.12. The van der Waals surface area contributed by atoms with E-state index < -0.39 is 0 Å². The molecule has 0 saturated heterocycles. The van der Waals surface area contributed by atoms with E-state index in [-0.39, 0.29) is 0 Å². The third-order valence-corrected chi connectivity index (χ3v) is 4.71. The molecule has 0 fully saturated rings. The van der Waals surface area contributed by atoms with Gasteiger partial charge in [-0.3, -0.25) is 0 Å². The molecule has 0 radical (unpaired) electrons. The van der Waals surface area contributed by atoms with Crippen LogP contribution in [0.1, 0.15) is 47.8 Å². The van der Waals surface area contributed by atoms with Gasteiger partial charge in [-0.25, -0.2) is 4.98 Å². The molecule has 0 spiro atoms. The van der Waals surface area contributed by atoms with Crippen molar-refractivity contribution in [3.05, 3.63) is 51.5 Å². The maximum absolute atomic E-state index is 4.50. The van der Waals surface area contributed by atoms with Gasteiger partial charge in [-0.15, -0.1) is 11.3 Å². The molecule has 2 nitrogen and oxygen atoms in total. The molecule has 0 saturated carbocycles. The smallest absolute Gasteiger partial charge is 0.109 e. The summed E-state index contributed by atoms with van der Waals surface area (Å²) in [4.78, 5) is 5.86. The van der Waals surface area contributed by atoms with Gasteiger partial charge in [0.25, 0.3) is 0 Å². The normalized spacial score (nSPS) is 12.6. The Labute approximate surface area is 119 Å². The van der Waals surface area contributed by atoms with Gasteiger partial charge in [-0.05, 0) is 30.9 Å². The summed E-state index contributed by atoms with van der Waals surface area (Å²) in [5.41, 5.74) is 2.82. The summed E-state index contributed by atoms with van der Waals surface area (Å²) in [6.07, 6.45) is 4.16. The minimum atomic E-state index is 0.315. The van der Waals surface area contributed by atoms with Crippen molar-refractivity contribution in [3.63, 3.8) is 0 Å². The molecule has 1 N–H and O–H groups in total. The van der Waals surface area contributed by atoms with Crippen LogP contribution in [-0.2, 0) is 19.4 Å². The van der Waals surface area contributed by atoms with Crippen LogP contribution in [0.25, 0.3) is 0 Å². The molecule has 2 aromatic rings. The second-order valence-corrected chi connectivity index (χ2v) is 5.89. The number of nitrogens with one attached hydrogen (secondary N) is 1. The Kier molecular flexibility index (Phi) is 5.11. The van der Waals surface area contributed by atoms with Crippen LogP contribution in [0.3, 0.4) is 0 Å². The third-order valence-electron chi connectivity index (χ3n) is 3.39. The van der Waals surface area contributed by atoms with Gasteiger partial charge in [0, 0.05) is 17.6 Å². The molecule has 1 heterocycles. The summed E-state index contributed by atoms with van der Waals surface area (Å²) in [6.45, 7) is 7.47. The lowest BCUT2D eigenvalue weighted by Gasteiger charge is -2.13. The lowest BCUT2D eigenvalue weighted by Crippen LogP contribution is -2.18. The summed E-state index contributed by atoms with van der Waals surface area (Å²) in [7, 11) is 0. The quantitative estimate of drug-likeness (QED) is 0.857. The highest BCUT2D eigenvalue weighted by Crippen LogP contribution is 2.21. The van der Waals surface area contributed by atoms with Gasteiger partial charge in [0.15, 0.2) is 0 Å². The largest absolute Gasteiger partial charge is 0.304 e. The molecule has 1 aromatic carbocycles. The van der Waals surface area contributed by atoms with E-state index in [1.807, 2.05) is 17.5 Å². The van der Waals surface area contributed by atoms with Crippen molar-refractivity contribution >= 4 is 11.3 Å². The molecule has 1 atom stereocenters. The van der Waals surface area contributed by atoms with Crippen LogP contribution in [-0.4, -0.2) is 4.98 Å². The van der Waals surface area contributed by atoms with E-state index in [9.17, 15) is 0 Å². The number of aryl methyl sites for hydroxylation is 2. The van der Waals surface area contributed by atoms with Crippen LogP contribution >= 0.6 is 11.3 Å². The highest BCUT2D eigenvalue weighted by molar-refractivity contribution is 7.11. The zero-order valence-corrected chi connectivity index (χ0v) is 12.8. The number of thiazole rings is 1. The summed E-state index contributed by atoms with van der Waals surface area (Å²) in [5, 5.41) is 4.76. The van der Waals surface area contributed by atoms with E-state index in [1.165, 1.54) is 21.0 Å². The van der Waals surface area contributed by atoms with Crippen molar-refractivity contribution in [3.8, 4) is 0 Å². The molecule has 0 aliphatic heterocycles. The molecule has 0 bridgehead atoms. The highest BCUT2D eigenvalue weighted by atomic mass is 32.1. The first kappa shape index (κ1) is 14.2. The van der Waals surface area contributed by atoms with E-state index in [4.69, 9.17) is 0 Å². The molecule has 19 heavy (non-hydrogen) atoms. The first-order valence-electron chi connectivity index (χ1n) is 6.99. The van der Waals surface area contributed by atoms with Crippen LogP contribution in [0.15, 0.2) is 30.5 Å². The van der Waals surface area contributed by atoms with Crippen LogP contribution in [0, 0.1) is 0 Å². The molecule has 0 aliphatic rings. The third kappa shape index (κ3) is 3.64. The molecular weight excluding hydrogens is 252 g/mol. The van der Waals surface area contributed by atoms with Gasteiger partial charge in [0.05, 0.1) is 6.04 Å². The number of benzene rings is 1. The summed E-state index contributed by atoms with van der Waals surface area (Å²) >= 11 is 1.81. The molecule has 0 amide bonds. The second-order valence-electron chi connectivity index (χ2n) is 4.74. The zero-order chi connectivity index (χ0) is 13.7. The fourth-order valence-electron chi connectivity index (χ4n) is 2.11. The average molecular weight is 274 g/mol. The van der Waals surface area contributed by atoms with Crippen LogP contribution < -0.4 is 5.32 Å². The first-order chi connectivity index (χ1) is 9.24. The highest BCUT2D eigenvalue weighted by Gasteiger charge is 2.10. The standard InChI is InChI=1S/C16H22N2S/c1-4-13-8-6-7-9-14(13)10-17-12(3)16-18-11-15(5-2)19-16/h6-9,11-12,17H,4-5,10H2,1-3H3. The van der Waals surface area contributed by atoms with Crippen molar-refractivity contribution in [1.82, 2.24) is 10.3 Å². The molecule has 102 valence electrons. The Balaban J connectivity index is 1.98. The van der Waals surface area contributed by atoms with E-state index in [0.717, 1.165) is 19.4 Å². The summed E-state index contributed by atoms with van der Waals surface area (Å²) < 4.78 is 0. The number of aromatic nitrogens is 1. The van der Waals surface area contributed by atoms with E-state index in [2.05, 4.69) is 55.3 Å². The van der Waals surface area contributed by atoms with Gasteiger partial charge in [0.2, 0.25) is 0 Å².